The Bertz CT molecular complexity index is 369. The predicted molar refractivity (Wildman–Crippen MR) is 51.4 cm³/mol. The van der Waals surface area contributed by atoms with Crippen molar-refractivity contribution in [3.63, 3.8) is 0 Å². The lowest BCUT2D eigenvalue weighted by Gasteiger charge is -2.21. The van der Waals surface area contributed by atoms with Gasteiger partial charge in [0.15, 0.2) is 0 Å². The highest BCUT2D eigenvalue weighted by atomic mass is 19.4. The van der Waals surface area contributed by atoms with Crippen molar-refractivity contribution in [2.24, 2.45) is 0 Å². The van der Waals surface area contributed by atoms with Crippen molar-refractivity contribution < 1.29 is 32.7 Å². The van der Waals surface area contributed by atoms with Gasteiger partial charge in [-0.05, 0) is 12.8 Å². The second kappa shape index (κ2) is 5.23. The van der Waals surface area contributed by atoms with Crippen LogP contribution < -0.4 is 5.32 Å². The molecule has 18 heavy (non-hydrogen) atoms. The van der Waals surface area contributed by atoms with Gasteiger partial charge in [-0.25, -0.2) is 4.79 Å². The van der Waals surface area contributed by atoms with Gasteiger partial charge in [-0.1, -0.05) is 0 Å². The van der Waals surface area contributed by atoms with Gasteiger partial charge in [0, 0.05) is 6.54 Å². The van der Waals surface area contributed by atoms with Crippen LogP contribution in [0.3, 0.4) is 0 Å². The monoisotopic (exact) mass is 268 g/mol. The van der Waals surface area contributed by atoms with Gasteiger partial charge in [0.25, 0.3) is 0 Å². The number of carboxylic acids is 1. The van der Waals surface area contributed by atoms with Crippen LogP contribution in [0.5, 0.6) is 0 Å². The third-order valence-corrected chi connectivity index (χ3v) is 2.52. The van der Waals surface area contributed by atoms with Crippen LogP contribution in [0.25, 0.3) is 0 Å². The summed E-state index contributed by atoms with van der Waals surface area (Å²) >= 11 is 0. The van der Waals surface area contributed by atoms with E-state index in [0.29, 0.717) is 6.42 Å². The van der Waals surface area contributed by atoms with Crippen LogP contribution >= 0.6 is 0 Å². The number of hydrogen-bond donors (Lipinski definition) is 2. The number of carbonyl (C=O) groups excluding carboxylic acids is 2. The molecule has 1 atom stereocenters. The zero-order chi connectivity index (χ0) is 13.9. The van der Waals surface area contributed by atoms with E-state index in [1.54, 1.807) is 0 Å². The summed E-state index contributed by atoms with van der Waals surface area (Å²) < 4.78 is 35.6. The van der Waals surface area contributed by atoms with Crippen molar-refractivity contribution in [2.45, 2.75) is 25.1 Å². The molecule has 102 valence electrons. The van der Waals surface area contributed by atoms with E-state index in [9.17, 15) is 27.6 Å². The third kappa shape index (κ3) is 3.34. The summed E-state index contributed by atoms with van der Waals surface area (Å²) in [4.78, 5) is 33.7. The first kappa shape index (κ1) is 14.3. The van der Waals surface area contributed by atoms with Crippen LogP contribution in [0.1, 0.15) is 12.8 Å². The Balaban J connectivity index is 2.51. The molecule has 0 aliphatic carbocycles. The fourth-order valence-corrected chi connectivity index (χ4v) is 1.68. The van der Waals surface area contributed by atoms with Crippen molar-refractivity contribution in [3.8, 4) is 0 Å². The molecule has 1 aliphatic heterocycles. The second-order valence-electron chi connectivity index (χ2n) is 3.76. The minimum atomic E-state index is -5.06. The largest absolute Gasteiger partial charge is 0.480 e. The molecule has 1 rings (SSSR count). The number of halogens is 3. The van der Waals surface area contributed by atoms with E-state index >= 15 is 0 Å². The van der Waals surface area contributed by atoms with Gasteiger partial charge in [0.2, 0.25) is 5.91 Å². The standard InChI is InChI=1S/C9H11F3N2O4/c10-9(11,12)8(18)13-4-6(15)14-3-1-2-5(14)7(16)17/h5H,1-4H2,(H,13,18)(H,16,17)/t5-/m0/s1. The molecular formula is C9H11F3N2O4. The lowest BCUT2D eigenvalue weighted by Crippen LogP contribution is -2.47. The number of hydrogen-bond acceptors (Lipinski definition) is 3. The van der Waals surface area contributed by atoms with Crippen LogP contribution in [0, 0.1) is 0 Å². The highest BCUT2D eigenvalue weighted by Gasteiger charge is 2.39. The molecule has 1 saturated heterocycles. The van der Waals surface area contributed by atoms with Crippen molar-refractivity contribution in [1.29, 1.82) is 0 Å². The molecule has 6 nitrogen and oxygen atoms in total. The molecule has 0 saturated carbocycles. The molecule has 1 aliphatic rings. The lowest BCUT2D eigenvalue weighted by atomic mass is 10.2. The fraction of sp³-hybridized carbons (Fsp3) is 0.667. The molecule has 0 spiro atoms. The molecule has 2 amide bonds. The minimum absolute atomic E-state index is 0.164. The van der Waals surface area contributed by atoms with Crippen molar-refractivity contribution in [1.82, 2.24) is 10.2 Å². The summed E-state index contributed by atoms with van der Waals surface area (Å²) in [6.07, 6.45) is -4.33. The number of aliphatic carboxylic acids is 1. The van der Waals surface area contributed by atoms with Crippen molar-refractivity contribution in [3.05, 3.63) is 0 Å². The summed E-state index contributed by atoms with van der Waals surface area (Å²) in [6.45, 7) is -0.695. The smallest absolute Gasteiger partial charge is 0.471 e. The van der Waals surface area contributed by atoms with Crippen molar-refractivity contribution >= 4 is 17.8 Å². The zero-order valence-electron chi connectivity index (χ0n) is 9.16. The first-order valence-corrected chi connectivity index (χ1v) is 5.10. The topological polar surface area (TPSA) is 86.7 Å². The zero-order valence-corrected chi connectivity index (χ0v) is 9.16. The molecule has 1 heterocycles. The molecule has 0 bridgehead atoms. The van der Waals surface area contributed by atoms with E-state index in [4.69, 9.17) is 5.11 Å². The predicted octanol–water partition coefficient (Wildman–Crippen LogP) is -0.260. The van der Waals surface area contributed by atoms with E-state index < -0.39 is 36.5 Å². The van der Waals surface area contributed by atoms with Crippen molar-refractivity contribution in [2.75, 3.05) is 13.1 Å². The minimum Gasteiger partial charge on any atom is -0.480 e. The van der Waals surface area contributed by atoms with Crippen LogP contribution in [0.4, 0.5) is 13.2 Å². The Labute approximate surface area is 99.7 Å². The fourth-order valence-electron chi connectivity index (χ4n) is 1.68. The summed E-state index contributed by atoms with van der Waals surface area (Å²) in [6, 6.07) is -1.03. The number of rotatable bonds is 3. The summed E-state index contributed by atoms with van der Waals surface area (Å²) in [7, 11) is 0. The highest BCUT2D eigenvalue weighted by molar-refractivity contribution is 5.89. The number of likely N-dealkylation sites (tertiary alicyclic amines) is 1. The average molecular weight is 268 g/mol. The first-order chi connectivity index (χ1) is 8.23. The van der Waals surface area contributed by atoms with E-state index in [1.165, 1.54) is 5.32 Å². The molecule has 0 aromatic heterocycles. The number of nitrogens with one attached hydrogen (secondary N) is 1. The third-order valence-electron chi connectivity index (χ3n) is 2.52. The van der Waals surface area contributed by atoms with Crippen LogP contribution in [0.15, 0.2) is 0 Å². The summed E-state index contributed by atoms with van der Waals surface area (Å²) in [5, 5.41) is 10.2. The van der Waals surface area contributed by atoms with E-state index in [0.717, 1.165) is 4.90 Å². The van der Waals surface area contributed by atoms with Gasteiger partial charge in [-0.15, -0.1) is 0 Å². The maximum absolute atomic E-state index is 11.9. The van der Waals surface area contributed by atoms with Crippen LogP contribution in [-0.4, -0.2) is 53.1 Å². The molecule has 2 N–H and O–H groups in total. The van der Waals surface area contributed by atoms with Gasteiger partial charge >= 0.3 is 18.1 Å². The maximum atomic E-state index is 11.9. The van der Waals surface area contributed by atoms with Gasteiger partial charge in [-0.3, -0.25) is 9.59 Å². The molecule has 0 radical (unpaired) electrons. The summed E-state index contributed by atoms with van der Waals surface area (Å²) in [5.41, 5.74) is 0. The molecule has 9 heteroatoms. The number of amides is 2. The number of alkyl halides is 3. The van der Waals surface area contributed by atoms with Gasteiger partial charge in [0.05, 0.1) is 6.54 Å². The van der Waals surface area contributed by atoms with Gasteiger partial charge in [0.1, 0.15) is 6.04 Å². The van der Waals surface area contributed by atoms with Crippen LogP contribution in [0.2, 0.25) is 0 Å². The Morgan fingerprint density at radius 1 is 1.33 bits per heavy atom. The highest BCUT2D eigenvalue weighted by Crippen LogP contribution is 2.17. The molecular weight excluding hydrogens is 257 g/mol. The van der Waals surface area contributed by atoms with Gasteiger partial charge < -0.3 is 15.3 Å². The summed E-state index contributed by atoms with van der Waals surface area (Å²) in [5.74, 6) is -4.26. The molecule has 1 fully saturated rings. The quantitative estimate of drug-likeness (QED) is 0.738. The molecule has 0 aromatic carbocycles. The first-order valence-electron chi connectivity index (χ1n) is 5.10. The number of carbonyl (C=O) groups is 3. The average Bonchev–Trinajstić information content (AvgIpc) is 2.72. The van der Waals surface area contributed by atoms with E-state index in [-0.39, 0.29) is 13.0 Å². The maximum Gasteiger partial charge on any atom is 0.471 e. The lowest BCUT2D eigenvalue weighted by molar-refractivity contribution is -0.174. The normalized spacial score (nSPS) is 19.7. The Morgan fingerprint density at radius 3 is 2.44 bits per heavy atom. The Hall–Kier alpha value is -1.80. The van der Waals surface area contributed by atoms with Crippen LogP contribution in [-0.2, 0) is 14.4 Å². The van der Waals surface area contributed by atoms with Gasteiger partial charge in [-0.2, -0.15) is 13.2 Å². The Morgan fingerprint density at radius 2 is 1.94 bits per heavy atom. The second-order valence-corrected chi connectivity index (χ2v) is 3.76. The molecule has 0 aromatic rings. The SMILES string of the molecule is O=C(O)[C@@H]1CCCN1C(=O)CNC(=O)C(F)(F)F. The Kier molecular flexibility index (Phi) is 4.15. The van der Waals surface area contributed by atoms with E-state index in [2.05, 4.69) is 0 Å². The number of nitrogens with zero attached hydrogens (tertiary/aromatic N) is 1. The molecule has 0 unspecified atom stereocenters. The van der Waals surface area contributed by atoms with E-state index in [1.807, 2.05) is 0 Å². The number of carboxylic acid groups (broad SMARTS) is 1.